The second-order valence-electron chi connectivity index (χ2n) is 12.5. The molecule has 2 nitrogen and oxygen atoms in total. The van der Waals surface area contributed by atoms with Gasteiger partial charge in [-0.2, -0.15) is 0 Å². The Morgan fingerprint density at radius 2 is 1.79 bits per heavy atom. The van der Waals surface area contributed by atoms with E-state index in [1.165, 1.54) is 25.7 Å². The van der Waals surface area contributed by atoms with E-state index in [0.29, 0.717) is 40.7 Å². The maximum atomic E-state index is 12.7. The maximum Gasteiger partial charge on any atom is 0.138 e. The first kappa shape index (κ1) is 21.3. The van der Waals surface area contributed by atoms with Crippen molar-refractivity contribution in [2.45, 2.75) is 99.8 Å². The summed E-state index contributed by atoms with van der Waals surface area (Å²) in [5.41, 5.74) is 2.35. The van der Waals surface area contributed by atoms with Gasteiger partial charge < -0.3 is 4.79 Å². The van der Waals surface area contributed by atoms with Gasteiger partial charge in [0.2, 0.25) is 0 Å². The highest BCUT2D eigenvalue weighted by atomic mass is 16.1. The van der Waals surface area contributed by atoms with E-state index in [2.05, 4.69) is 47.6 Å². The van der Waals surface area contributed by atoms with Gasteiger partial charge in [-0.1, -0.05) is 53.2 Å². The molecule has 0 N–H and O–H groups in total. The summed E-state index contributed by atoms with van der Waals surface area (Å²) in [5.74, 6) is 3.05. The topological polar surface area (TPSA) is 34.1 Å². The molecule has 0 aromatic rings. The van der Waals surface area contributed by atoms with Crippen LogP contribution in [-0.4, -0.2) is 11.6 Å². The Kier molecular flexibility index (Phi) is 4.81. The van der Waals surface area contributed by atoms with Gasteiger partial charge in [0, 0.05) is 18.3 Å². The van der Waals surface area contributed by atoms with Crippen LogP contribution in [0.15, 0.2) is 11.6 Å². The summed E-state index contributed by atoms with van der Waals surface area (Å²) in [6.07, 6.45) is 11.3. The van der Waals surface area contributed by atoms with Crippen LogP contribution in [0.25, 0.3) is 0 Å². The fourth-order valence-corrected chi connectivity index (χ4v) is 9.06. The smallest absolute Gasteiger partial charge is 0.138 e. The third-order valence-electron chi connectivity index (χ3n) is 10.9. The molecule has 3 saturated carbocycles. The minimum absolute atomic E-state index is 0.190. The predicted molar refractivity (Wildman–Crippen MR) is 118 cm³/mol. The second kappa shape index (κ2) is 6.54. The third-order valence-corrected chi connectivity index (χ3v) is 10.9. The normalized spacial score (nSPS) is 46.9. The summed E-state index contributed by atoms with van der Waals surface area (Å²) in [6, 6.07) is 0. The lowest BCUT2D eigenvalue weighted by Gasteiger charge is -2.63. The first-order valence-corrected chi connectivity index (χ1v) is 12.1. The van der Waals surface area contributed by atoms with Crippen molar-refractivity contribution in [2.75, 3.05) is 0 Å². The van der Waals surface area contributed by atoms with E-state index in [4.69, 9.17) is 0 Å². The lowest BCUT2D eigenvalue weighted by atomic mass is 9.41. The molecule has 4 rings (SSSR count). The molecule has 0 saturated heterocycles. The molecule has 3 fully saturated rings. The lowest BCUT2D eigenvalue weighted by molar-refractivity contribution is -0.146. The summed E-state index contributed by atoms with van der Waals surface area (Å²) in [5, 5.41) is 0. The fourth-order valence-electron chi connectivity index (χ4n) is 9.06. The van der Waals surface area contributed by atoms with Crippen molar-refractivity contribution >= 4 is 11.6 Å². The van der Waals surface area contributed by atoms with Gasteiger partial charge in [-0.05, 0) is 85.4 Å². The van der Waals surface area contributed by atoms with E-state index in [9.17, 15) is 9.59 Å². The molecule has 0 amide bonds. The number of fused-ring (bicyclic) bond motifs is 5. The number of hydrogen-bond acceptors (Lipinski definition) is 2. The molecule has 29 heavy (non-hydrogen) atoms. The average Bonchev–Trinajstić information content (AvgIpc) is 2.90. The quantitative estimate of drug-likeness (QED) is 0.491. The van der Waals surface area contributed by atoms with Gasteiger partial charge in [-0.3, -0.25) is 4.79 Å². The Labute approximate surface area is 178 Å². The average molecular weight is 399 g/mol. The molecule has 4 aliphatic rings. The summed E-state index contributed by atoms with van der Waals surface area (Å²) in [4.78, 5) is 24.6. The highest BCUT2D eigenvalue weighted by molar-refractivity contribution is 5.85. The lowest BCUT2D eigenvalue weighted by Crippen LogP contribution is -2.57. The Balaban J connectivity index is 1.71. The van der Waals surface area contributed by atoms with Gasteiger partial charge in [0.1, 0.15) is 11.6 Å². The van der Waals surface area contributed by atoms with Crippen molar-refractivity contribution in [3.8, 4) is 0 Å². The summed E-state index contributed by atoms with van der Waals surface area (Å²) in [6.45, 7) is 16.1. The van der Waals surface area contributed by atoms with Gasteiger partial charge in [-0.15, -0.1) is 0 Å². The van der Waals surface area contributed by atoms with E-state index in [1.54, 1.807) is 12.5 Å². The zero-order valence-corrected chi connectivity index (χ0v) is 19.9. The largest absolute Gasteiger partial charge is 0.300 e. The molecule has 0 aliphatic heterocycles. The van der Waals surface area contributed by atoms with Crippen LogP contribution in [0.3, 0.4) is 0 Å². The van der Waals surface area contributed by atoms with E-state index >= 15 is 0 Å². The van der Waals surface area contributed by atoms with Crippen molar-refractivity contribution in [3.63, 3.8) is 0 Å². The van der Waals surface area contributed by atoms with Crippen molar-refractivity contribution < 1.29 is 9.59 Å². The Morgan fingerprint density at radius 1 is 1.10 bits per heavy atom. The second-order valence-corrected chi connectivity index (χ2v) is 12.5. The molecule has 7 atom stereocenters. The molecule has 2 heteroatoms. The number of hydrogen-bond donors (Lipinski definition) is 0. The van der Waals surface area contributed by atoms with E-state index in [1.807, 2.05) is 0 Å². The molecule has 0 bridgehead atoms. The molecule has 4 aliphatic carbocycles. The first-order chi connectivity index (χ1) is 13.4. The van der Waals surface area contributed by atoms with Gasteiger partial charge in [0.25, 0.3) is 0 Å². The zero-order valence-electron chi connectivity index (χ0n) is 19.9. The van der Waals surface area contributed by atoms with Crippen LogP contribution in [0.2, 0.25) is 0 Å². The summed E-state index contributed by atoms with van der Waals surface area (Å²) >= 11 is 0. The SMILES string of the molecule is CC(=O)C[C@@H](C)[C@@H]1CC[C@]2(C)C3=CC[C@H]4C(C)(C)C(=O)CC[C@]4(C)[C@H]3CC[C@@]12C. The standard InChI is InChI=1S/C27H42O2/c1-17(16-18(2)28)19-10-14-27(7)21-8-9-22-24(3,4)23(29)12-13-25(22,5)20(21)11-15-26(19,27)6/h8,17,19-20,22H,9-16H2,1-7H3/t17-,19+,20+,22+,25-,26+,27-/m1/s1. The van der Waals surface area contributed by atoms with Crippen LogP contribution < -0.4 is 0 Å². The molecule has 0 unspecified atom stereocenters. The maximum absolute atomic E-state index is 12.7. The molecule has 0 radical (unpaired) electrons. The number of carbonyl (C=O) groups is 2. The molecular weight excluding hydrogens is 356 g/mol. The predicted octanol–water partition coefficient (Wildman–Crippen LogP) is 6.78. The highest BCUT2D eigenvalue weighted by Crippen LogP contribution is 2.73. The first-order valence-electron chi connectivity index (χ1n) is 12.1. The van der Waals surface area contributed by atoms with E-state index in [0.717, 1.165) is 25.7 Å². The molecule has 162 valence electrons. The van der Waals surface area contributed by atoms with E-state index < -0.39 is 0 Å². The van der Waals surface area contributed by atoms with Crippen LogP contribution >= 0.6 is 0 Å². The number of carbonyl (C=O) groups excluding carboxylic acids is 2. The van der Waals surface area contributed by atoms with Crippen molar-refractivity contribution in [1.82, 2.24) is 0 Å². The zero-order chi connectivity index (χ0) is 21.4. The van der Waals surface area contributed by atoms with Crippen LogP contribution in [-0.2, 0) is 9.59 Å². The van der Waals surface area contributed by atoms with Gasteiger partial charge in [0.05, 0.1) is 0 Å². The van der Waals surface area contributed by atoms with Crippen LogP contribution in [0.5, 0.6) is 0 Å². The van der Waals surface area contributed by atoms with E-state index in [-0.39, 0.29) is 16.2 Å². The minimum atomic E-state index is -0.190. The van der Waals surface area contributed by atoms with Gasteiger partial charge >= 0.3 is 0 Å². The number of allylic oxidation sites excluding steroid dienone is 2. The Bertz CT molecular complexity index is 760. The number of rotatable bonds is 3. The Morgan fingerprint density at radius 3 is 2.45 bits per heavy atom. The van der Waals surface area contributed by atoms with Gasteiger partial charge in [-0.25, -0.2) is 0 Å². The summed E-state index contributed by atoms with van der Waals surface area (Å²) < 4.78 is 0. The monoisotopic (exact) mass is 398 g/mol. The fraction of sp³-hybridized carbons (Fsp3) is 0.852. The van der Waals surface area contributed by atoms with Crippen LogP contribution in [0, 0.1) is 45.3 Å². The van der Waals surface area contributed by atoms with Crippen molar-refractivity contribution in [3.05, 3.63) is 11.6 Å². The molecule has 0 aromatic heterocycles. The van der Waals surface area contributed by atoms with Gasteiger partial charge in [0.15, 0.2) is 0 Å². The molecular formula is C27H42O2. The Hall–Kier alpha value is -0.920. The minimum Gasteiger partial charge on any atom is -0.300 e. The third kappa shape index (κ3) is 2.72. The molecule has 0 heterocycles. The summed E-state index contributed by atoms with van der Waals surface area (Å²) in [7, 11) is 0. The number of Topliss-reactive ketones (excluding diaryl/α,β-unsaturated/α-hetero) is 2. The van der Waals surface area contributed by atoms with Crippen molar-refractivity contribution in [1.29, 1.82) is 0 Å². The van der Waals surface area contributed by atoms with Crippen molar-refractivity contribution in [2.24, 2.45) is 45.3 Å². The number of ketones is 2. The molecule has 0 spiro atoms. The molecule has 0 aromatic carbocycles. The van der Waals surface area contributed by atoms with Crippen LogP contribution in [0.4, 0.5) is 0 Å². The highest BCUT2D eigenvalue weighted by Gasteiger charge is 2.65. The van der Waals surface area contributed by atoms with Crippen LogP contribution in [0.1, 0.15) is 99.8 Å².